The number of aliphatic carboxylic acids is 1. The quantitative estimate of drug-likeness (QED) is 0.884. The number of hydrogen-bond donors (Lipinski definition) is 2. The number of likely N-dealkylation sites (N-methyl/N-ethyl adjacent to an activating group) is 1. The molecule has 2 amide bonds. The summed E-state index contributed by atoms with van der Waals surface area (Å²) >= 11 is 0. The van der Waals surface area contributed by atoms with E-state index in [-0.39, 0.29) is 12.1 Å². The molecule has 1 aromatic carbocycles. The molecule has 0 aromatic heterocycles. The number of ether oxygens (including phenoxy) is 1. The number of carboxylic acid groups (broad SMARTS) is 1. The fourth-order valence-corrected chi connectivity index (χ4v) is 2.54. The lowest BCUT2D eigenvalue weighted by Gasteiger charge is -2.28. The lowest BCUT2D eigenvalue weighted by Crippen LogP contribution is -2.48. The molecule has 3 atom stereocenters. The minimum absolute atomic E-state index is 0.0322. The molecule has 0 aliphatic carbocycles. The molecule has 1 heterocycles. The molecule has 2 unspecified atom stereocenters. The highest BCUT2D eigenvalue weighted by molar-refractivity contribution is 5.83. The minimum atomic E-state index is -1.08. The van der Waals surface area contributed by atoms with Gasteiger partial charge in [-0.2, -0.15) is 0 Å². The van der Waals surface area contributed by atoms with Crippen LogP contribution in [0.3, 0.4) is 0 Å². The molecule has 1 aromatic rings. The third-order valence-electron chi connectivity index (χ3n) is 3.80. The van der Waals surface area contributed by atoms with Gasteiger partial charge in [-0.05, 0) is 18.9 Å². The maximum atomic E-state index is 12.3. The van der Waals surface area contributed by atoms with Crippen molar-refractivity contribution in [1.29, 1.82) is 0 Å². The van der Waals surface area contributed by atoms with E-state index in [2.05, 4.69) is 5.32 Å². The number of nitrogens with zero attached hydrogens (tertiary/aromatic N) is 1. The number of carbonyl (C=O) groups excluding carboxylic acids is 1. The van der Waals surface area contributed by atoms with Crippen LogP contribution in [0.1, 0.15) is 24.9 Å². The SMILES string of the molecule is CC1OCCC1N(C)C(=O)N[C@H](C(=O)O)c1ccccc1. The zero-order valence-electron chi connectivity index (χ0n) is 12.2. The summed E-state index contributed by atoms with van der Waals surface area (Å²) in [6, 6.07) is 7.15. The molecule has 0 saturated carbocycles. The van der Waals surface area contributed by atoms with Crippen LogP contribution in [0.4, 0.5) is 4.79 Å². The van der Waals surface area contributed by atoms with Crippen LogP contribution in [0.2, 0.25) is 0 Å². The van der Waals surface area contributed by atoms with Gasteiger partial charge in [0, 0.05) is 13.7 Å². The molecule has 114 valence electrons. The highest BCUT2D eigenvalue weighted by Gasteiger charge is 2.32. The van der Waals surface area contributed by atoms with Gasteiger partial charge in [-0.25, -0.2) is 9.59 Å². The Labute approximate surface area is 123 Å². The van der Waals surface area contributed by atoms with E-state index in [1.165, 1.54) is 4.90 Å². The van der Waals surface area contributed by atoms with Crippen LogP contribution in [0.5, 0.6) is 0 Å². The van der Waals surface area contributed by atoms with Crippen LogP contribution in [0, 0.1) is 0 Å². The van der Waals surface area contributed by atoms with Gasteiger partial charge in [-0.1, -0.05) is 30.3 Å². The van der Waals surface area contributed by atoms with Gasteiger partial charge in [-0.15, -0.1) is 0 Å². The van der Waals surface area contributed by atoms with Gasteiger partial charge in [0.05, 0.1) is 12.1 Å². The van der Waals surface area contributed by atoms with Crippen molar-refractivity contribution in [3.8, 4) is 0 Å². The number of rotatable bonds is 4. The predicted octanol–water partition coefficient (Wildman–Crippen LogP) is 1.63. The summed E-state index contributed by atoms with van der Waals surface area (Å²) < 4.78 is 5.44. The monoisotopic (exact) mass is 292 g/mol. The average molecular weight is 292 g/mol. The van der Waals surface area contributed by atoms with Crippen LogP contribution in [0.25, 0.3) is 0 Å². The number of amides is 2. The van der Waals surface area contributed by atoms with Crippen LogP contribution in [0.15, 0.2) is 30.3 Å². The third kappa shape index (κ3) is 3.52. The molecule has 2 rings (SSSR count). The highest BCUT2D eigenvalue weighted by Crippen LogP contribution is 2.19. The van der Waals surface area contributed by atoms with Crippen molar-refractivity contribution in [2.24, 2.45) is 0 Å². The van der Waals surface area contributed by atoms with Crippen molar-refractivity contribution in [2.75, 3.05) is 13.7 Å². The van der Waals surface area contributed by atoms with Crippen molar-refractivity contribution in [2.45, 2.75) is 31.5 Å². The van der Waals surface area contributed by atoms with Crippen LogP contribution in [-0.2, 0) is 9.53 Å². The Kier molecular flexibility index (Phi) is 4.80. The van der Waals surface area contributed by atoms with Gasteiger partial charge in [0.25, 0.3) is 0 Å². The van der Waals surface area contributed by atoms with E-state index in [4.69, 9.17) is 4.74 Å². The summed E-state index contributed by atoms with van der Waals surface area (Å²) in [7, 11) is 1.66. The van der Waals surface area contributed by atoms with E-state index < -0.39 is 18.0 Å². The first-order valence-electron chi connectivity index (χ1n) is 6.93. The van der Waals surface area contributed by atoms with E-state index in [1.54, 1.807) is 37.4 Å². The Bertz CT molecular complexity index is 506. The maximum absolute atomic E-state index is 12.3. The van der Waals surface area contributed by atoms with Crippen molar-refractivity contribution < 1.29 is 19.4 Å². The van der Waals surface area contributed by atoms with Gasteiger partial charge in [-0.3, -0.25) is 0 Å². The summed E-state index contributed by atoms with van der Waals surface area (Å²) in [6.07, 6.45) is 0.717. The first kappa shape index (κ1) is 15.3. The van der Waals surface area contributed by atoms with Gasteiger partial charge < -0.3 is 20.1 Å². The first-order valence-corrected chi connectivity index (χ1v) is 6.93. The first-order chi connectivity index (χ1) is 10.0. The van der Waals surface area contributed by atoms with Crippen molar-refractivity contribution in [3.63, 3.8) is 0 Å². The largest absolute Gasteiger partial charge is 0.479 e. The standard InChI is InChI=1S/C15H20N2O4/c1-10-12(8-9-21-10)17(2)15(20)16-13(14(18)19)11-6-4-3-5-7-11/h3-7,10,12-13H,8-9H2,1-2H3,(H,16,20)(H,18,19)/t10?,12?,13-/m0/s1. The van der Waals surface area contributed by atoms with Crippen molar-refractivity contribution in [3.05, 3.63) is 35.9 Å². The Morgan fingerprint density at radius 2 is 2.05 bits per heavy atom. The molecule has 6 heteroatoms. The van der Waals surface area contributed by atoms with Crippen molar-refractivity contribution >= 4 is 12.0 Å². The van der Waals surface area contributed by atoms with E-state index >= 15 is 0 Å². The number of carboxylic acids is 1. The molecule has 1 fully saturated rings. The van der Waals surface area contributed by atoms with Gasteiger partial charge in [0.15, 0.2) is 6.04 Å². The summed E-state index contributed by atoms with van der Waals surface area (Å²) in [5.74, 6) is -1.08. The lowest BCUT2D eigenvalue weighted by atomic mass is 10.1. The number of nitrogens with one attached hydrogen (secondary N) is 1. The zero-order valence-corrected chi connectivity index (χ0v) is 12.2. The molecule has 1 saturated heterocycles. The molecule has 0 radical (unpaired) electrons. The average Bonchev–Trinajstić information content (AvgIpc) is 2.90. The van der Waals surface area contributed by atoms with E-state index in [1.807, 2.05) is 6.92 Å². The maximum Gasteiger partial charge on any atom is 0.330 e. The van der Waals surface area contributed by atoms with Gasteiger partial charge in [0.2, 0.25) is 0 Å². The molecular formula is C15H20N2O4. The predicted molar refractivity (Wildman–Crippen MR) is 76.9 cm³/mol. The fourth-order valence-electron chi connectivity index (χ4n) is 2.54. The van der Waals surface area contributed by atoms with Crippen molar-refractivity contribution in [1.82, 2.24) is 10.2 Å². The number of hydrogen-bond acceptors (Lipinski definition) is 3. The molecular weight excluding hydrogens is 272 g/mol. The van der Waals surface area contributed by atoms with Crippen LogP contribution in [-0.4, -0.2) is 47.8 Å². The molecule has 0 bridgehead atoms. The smallest absolute Gasteiger partial charge is 0.330 e. The summed E-state index contributed by atoms with van der Waals surface area (Å²) in [5.41, 5.74) is 0.544. The Hall–Kier alpha value is -2.08. The van der Waals surface area contributed by atoms with E-state index in [0.717, 1.165) is 6.42 Å². The molecule has 6 nitrogen and oxygen atoms in total. The second-order valence-electron chi connectivity index (χ2n) is 5.17. The fraction of sp³-hybridized carbons (Fsp3) is 0.467. The van der Waals surface area contributed by atoms with Gasteiger partial charge in [0.1, 0.15) is 0 Å². The Morgan fingerprint density at radius 1 is 1.38 bits per heavy atom. The van der Waals surface area contributed by atoms with E-state index in [0.29, 0.717) is 12.2 Å². The number of benzene rings is 1. The van der Waals surface area contributed by atoms with Gasteiger partial charge >= 0.3 is 12.0 Å². The molecule has 0 spiro atoms. The topological polar surface area (TPSA) is 78.9 Å². The van der Waals surface area contributed by atoms with Crippen LogP contribution >= 0.6 is 0 Å². The second-order valence-corrected chi connectivity index (χ2v) is 5.17. The molecule has 2 N–H and O–H groups in total. The minimum Gasteiger partial charge on any atom is -0.479 e. The van der Waals surface area contributed by atoms with E-state index in [9.17, 15) is 14.7 Å². The highest BCUT2D eigenvalue weighted by atomic mass is 16.5. The Morgan fingerprint density at radius 3 is 2.57 bits per heavy atom. The normalized spacial score (nSPS) is 22.6. The third-order valence-corrected chi connectivity index (χ3v) is 3.80. The summed E-state index contributed by atoms with van der Waals surface area (Å²) in [4.78, 5) is 25.2. The molecule has 1 aliphatic heterocycles. The summed E-state index contributed by atoms with van der Waals surface area (Å²) in [5, 5.41) is 11.9. The Balaban J connectivity index is 2.07. The molecule has 21 heavy (non-hydrogen) atoms. The lowest BCUT2D eigenvalue weighted by molar-refractivity contribution is -0.139. The second kappa shape index (κ2) is 6.58. The zero-order chi connectivity index (χ0) is 15.4. The number of urea groups is 1. The number of carbonyl (C=O) groups is 2. The molecule has 1 aliphatic rings. The van der Waals surface area contributed by atoms with Crippen LogP contribution < -0.4 is 5.32 Å². The summed E-state index contributed by atoms with van der Waals surface area (Å²) in [6.45, 7) is 2.53.